The molecule has 5 heteroatoms. The lowest BCUT2D eigenvalue weighted by Gasteiger charge is -1.95. The van der Waals surface area contributed by atoms with Crippen LogP contribution in [0.15, 0.2) is 24.4 Å². The summed E-state index contributed by atoms with van der Waals surface area (Å²) in [5.74, 6) is -0.486. The highest BCUT2D eigenvalue weighted by molar-refractivity contribution is 6.29. The molecule has 0 fully saturated rings. The van der Waals surface area contributed by atoms with E-state index in [1.165, 1.54) is 7.11 Å². The summed E-state index contributed by atoms with van der Waals surface area (Å²) in [6, 6.07) is 5.37. The molecule has 0 aliphatic rings. The van der Waals surface area contributed by atoms with Gasteiger partial charge in [0.25, 0.3) is 0 Å². The first-order valence-corrected chi connectivity index (χ1v) is 4.32. The van der Waals surface area contributed by atoms with Crippen LogP contribution in [0.5, 0.6) is 0 Å². The van der Waals surface area contributed by atoms with Gasteiger partial charge in [-0.2, -0.15) is 0 Å². The molecule has 2 rings (SSSR count). The second-order valence-corrected chi connectivity index (χ2v) is 3.01. The SMILES string of the molecule is COC(=O)c1nc(Cl)n2ccccc12. The average Bonchev–Trinajstić information content (AvgIpc) is 2.56. The predicted octanol–water partition coefficient (Wildman–Crippen LogP) is 1.77. The molecular weight excluding hydrogens is 204 g/mol. The minimum Gasteiger partial charge on any atom is -0.464 e. The van der Waals surface area contributed by atoms with E-state index >= 15 is 0 Å². The van der Waals surface area contributed by atoms with Crippen molar-refractivity contribution >= 4 is 23.1 Å². The van der Waals surface area contributed by atoms with Crippen LogP contribution >= 0.6 is 11.6 Å². The van der Waals surface area contributed by atoms with Crippen molar-refractivity contribution in [2.75, 3.05) is 7.11 Å². The largest absolute Gasteiger partial charge is 0.464 e. The summed E-state index contributed by atoms with van der Waals surface area (Å²) in [6.07, 6.45) is 1.73. The quantitative estimate of drug-likeness (QED) is 0.674. The first kappa shape index (κ1) is 9.02. The summed E-state index contributed by atoms with van der Waals surface area (Å²) < 4.78 is 6.20. The van der Waals surface area contributed by atoms with E-state index in [4.69, 9.17) is 11.6 Å². The predicted molar refractivity (Wildman–Crippen MR) is 51.5 cm³/mol. The molecule has 0 saturated heterocycles. The number of hydrogen-bond donors (Lipinski definition) is 0. The molecule has 0 aliphatic heterocycles. The van der Waals surface area contributed by atoms with Crippen molar-refractivity contribution in [3.8, 4) is 0 Å². The Morgan fingerprint density at radius 1 is 1.57 bits per heavy atom. The third-order valence-electron chi connectivity index (χ3n) is 1.88. The fraction of sp³-hybridized carbons (Fsp3) is 0.111. The Hall–Kier alpha value is -1.55. The van der Waals surface area contributed by atoms with Gasteiger partial charge in [0.1, 0.15) is 0 Å². The number of nitrogens with zero attached hydrogens (tertiary/aromatic N) is 2. The molecule has 2 aromatic heterocycles. The van der Waals surface area contributed by atoms with Gasteiger partial charge in [0.2, 0.25) is 5.28 Å². The van der Waals surface area contributed by atoms with E-state index in [0.29, 0.717) is 5.52 Å². The fourth-order valence-electron chi connectivity index (χ4n) is 1.25. The molecule has 2 heterocycles. The maximum Gasteiger partial charge on any atom is 0.358 e. The van der Waals surface area contributed by atoms with Crippen LogP contribution in [0.4, 0.5) is 0 Å². The van der Waals surface area contributed by atoms with Crippen molar-refractivity contribution in [1.82, 2.24) is 9.38 Å². The van der Waals surface area contributed by atoms with Crippen molar-refractivity contribution in [3.63, 3.8) is 0 Å². The lowest BCUT2D eigenvalue weighted by atomic mass is 10.3. The number of imidazole rings is 1. The maximum absolute atomic E-state index is 11.3. The topological polar surface area (TPSA) is 43.6 Å². The van der Waals surface area contributed by atoms with E-state index in [0.717, 1.165) is 0 Å². The number of pyridine rings is 1. The van der Waals surface area contributed by atoms with Gasteiger partial charge in [-0.05, 0) is 23.7 Å². The molecule has 72 valence electrons. The third kappa shape index (κ3) is 1.24. The van der Waals surface area contributed by atoms with Gasteiger partial charge in [-0.1, -0.05) is 6.07 Å². The molecule has 0 aromatic carbocycles. The summed E-state index contributed by atoms with van der Waals surface area (Å²) >= 11 is 5.82. The van der Waals surface area contributed by atoms with Crippen molar-refractivity contribution in [3.05, 3.63) is 35.4 Å². The molecule has 0 unspecified atom stereocenters. The molecule has 0 amide bonds. The number of esters is 1. The Labute approximate surface area is 85.1 Å². The fourth-order valence-corrected chi connectivity index (χ4v) is 1.48. The van der Waals surface area contributed by atoms with Crippen LogP contribution in [0.3, 0.4) is 0 Å². The second-order valence-electron chi connectivity index (χ2n) is 2.68. The number of ether oxygens (including phenoxy) is 1. The van der Waals surface area contributed by atoms with E-state index in [9.17, 15) is 4.79 Å². The Morgan fingerprint density at radius 2 is 2.36 bits per heavy atom. The zero-order valence-electron chi connectivity index (χ0n) is 7.40. The highest BCUT2D eigenvalue weighted by Crippen LogP contribution is 2.16. The van der Waals surface area contributed by atoms with E-state index in [-0.39, 0.29) is 11.0 Å². The molecule has 0 bridgehead atoms. The third-order valence-corrected chi connectivity index (χ3v) is 2.15. The van der Waals surface area contributed by atoms with Crippen molar-refractivity contribution in [2.45, 2.75) is 0 Å². The van der Waals surface area contributed by atoms with Gasteiger partial charge in [0.15, 0.2) is 5.69 Å². The lowest BCUT2D eigenvalue weighted by molar-refractivity contribution is 0.0597. The zero-order chi connectivity index (χ0) is 10.1. The summed E-state index contributed by atoms with van der Waals surface area (Å²) in [5, 5.41) is 0.251. The Morgan fingerprint density at radius 3 is 3.07 bits per heavy atom. The summed E-state index contributed by atoms with van der Waals surface area (Å²) in [6.45, 7) is 0. The molecule has 2 aromatic rings. The summed E-state index contributed by atoms with van der Waals surface area (Å²) in [7, 11) is 1.31. The number of rotatable bonds is 1. The van der Waals surface area contributed by atoms with Crippen LogP contribution in [0, 0.1) is 0 Å². The van der Waals surface area contributed by atoms with Crippen LogP contribution < -0.4 is 0 Å². The number of carbonyl (C=O) groups is 1. The maximum atomic E-state index is 11.3. The minimum atomic E-state index is -0.486. The van der Waals surface area contributed by atoms with Crippen LogP contribution in [0.2, 0.25) is 5.28 Å². The first-order chi connectivity index (χ1) is 6.74. The van der Waals surface area contributed by atoms with Gasteiger partial charge < -0.3 is 4.74 Å². The highest BCUT2D eigenvalue weighted by atomic mass is 35.5. The molecule has 0 aliphatic carbocycles. The molecule has 0 radical (unpaired) electrons. The van der Waals surface area contributed by atoms with Crippen LogP contribution in [0.25, 0.3) is 5.52 Å². The second kappa shape index (κ2) is 3.31. The molecule has 14 heavy (non-hydrogen) atoms. The van der Waals surface area contributed by atoms with Gasteiger partial charge in [0, 0.05) is 6.20 Å². The number of aromatic nitrogens is 2. The summed E-state index contributed by atoms with van der Waals surface area (Å²) in [5.41, 5.74) is 0.877. The van der Waals surface area contributed by atoms with Crippen molar-refractivity contribution in [1.29, 1.82) is 0 Å². The van der Waals surface area contributed by atoms with Gasteiger partial charge in [-0.25, -0.2) is 9.78 Å². The van der Waals surface area contributed by atoms with Gasteiger partial charge in [-0.15, -0.1) is 0 Å². The molecule has 0 saturated carbocycles. The zero-order valence-corrected chi connectivity index (χ0v) is 8.15. The highest BCUT2D eigenvalue weighted by Gasteiger charge is 2.15. The van der Waals surface area contributed by atoms with Crippen LogP contribution in [-0.4, -0.2) is 22.5 Å². The number of fused-ring (bicyclic) bond motifs is 1. The van der Waals surface area contributed by atoms with E-state index in [1.807, 2.05) is 6.07 Å². The van der Waals surface area contributed by atoms with Gasteiger partial charge in [0.05, 0.1) is 12.6 Å². The van der Waals surface area contributed by atoms with Gasteiger partial charge >= 0.3 is 5.97 Å². The number of methoxy groups -OCH3 is 1. The number of halogens is 1. The average molecular weight is 211 g/mol. The normalized spacial score (nSPS) is 10.4. The summed E-state index contributed by atoms with van der Waals surface area (Å²) in [4.78, 5) is 15.2. The number of carbonyl (C=O) groups excluding carboxylic acids is 1. The first-order valence-electron chi connectivity index (χ1n) is 3.95. The number of hydrogen-bond acceptors (Lipinski definition) is 3. The molecular formula is C9H7ClN2O2. The van der Waals surface area contributed by atoms with Crippen molar-refractivity contribution < 1.29 is 9.53 Å². The smallest absolute Gasteiger partial charge is 0.358 e. The van der Waals surface area contributed by atoms with Gasteiger partial charge in [-0.3, -0.25) is 4.40 Å². The molecule has 0 spiro atoms. The molecule has 0 atom stereocenters. The Balaban J connectivity index is 2.72. The van der Waals surface area contributed by atoms with Crippen molar-refractivity contribution in [2.24, 2.45) is 0 Å². The van der Waals surface area contributed by atoms with Crippen LogP contribution in [-0.2, 0) is 4.74 Å². The van der Waals surface area contributed by atoms with E-state index in [1.54, 1.807) is 22.7 Å². The Bertz CT molecular complexity index is 493. The van der Waals surface area contributed by atoms with E-state index < -0.39 is 5.97 Å². The Kier molecular flexibility index (Phi) is 2.13. The molecule has 0 N–H and O–H groups in total. The standard InChI is InChI=1S/C9H7ClN2O2/c1-14-8(13)7-6-4-2-3-5-12(6)9(10)11-7/h2-5H,1H3. The molecule has 4 nitrogen and oxygen atoms in total. The lowest BCUT2D eigenvalue weighted by Crippen LogP contribution is -2.01. The minimum absolute atomic E-state index is 0.234. The monoisotopic (exact) mass is 210 g/mol. The van der Waals surface area contributed by atoms with E-state index in [2.05, 4.69) is 9.72 Å². The van der Waals surface area contributed by atoms with Crippen LogP contribution in [0.1, 0.15) is 10.5 Å².